The standard InChI is InChI=1S/C10H14N2O2S/c1-11-9-3-2-8(15-9)10(13)12-4-6-14-7-5-12/h2-3,11H,4-7H2,1H3. The number of thiophene rings is 1. The molecule has 0 aromatic carbocycles. The van der Waals surface area contributed by atoms with Crippen LogP contribution in [0, 0.1) is 0 Å². The molecule has 0 atom stereocenters. The van der Waals surface area contributed by atoms with E-state index in [1.165, 1.54) is 11.3 Å². The fraction of sp³-hybridized carbons (Fsp3) is 0.500. The molecule has 5 heteroatoms. The summed E-state index contributed by atoms with van der Waals surface area (Å²) in [6.07, 6.45) is 0. The molecule has 1 aliphatic rings. The summed E-state index contributed by atoms with van der Waals surface area (Å²) in [4.78, 5) is 14.6. The fourth-order valence-electron chi connectivity index (χ4n) is 1.51. The van der Waals surface area contributed by atoms with Gasteiger partial charge in [-0.25, -0.2) is 0 Å². The molecular weight excluding hydrogens is 212 g/mol. The van der Waals surface area contributed by atoms with Crippen molar-refractivity contribution < 1.29 is 9.53 Å². The second-order valence-electron chi connectivity index (χ2n) is 3.32. The smallest absolute Gasteiger partial charge is 0.264 e. The van der Waals surface area contributed by atoms with Gasteiger partial charge in [-0.3, -0.25) is 4.79 Å². The van der Waals surface area contributed by atoms with E-state index in [9.17, 15) is 4.79 Å². The number of morpholine rings is 1. The Bertz CT molecular complexity index is 345. The van der Waals surface area contributed by atoms with Gasteiger partial charge in [-0.05, 0) is 12.1 Å². The van der Waals surface area contributed by atoms with Crippen LogP contribution in [0.1, 0.15) is 9.67 Å². The molecule has 0 saturated carbocycles. The zero-order valence-corrected chi connectivity index (χ0v) is 9.47. The third-order valence-corrected chi connectivity index (χ3v) is 3.45. The maximum atomic E-state index is 12.0. The number of carbonyl (C=O) groups is 1. The van der Waals surface area contributed by atoms with Gasteiger partial charge in [-0.1, -0.05) is 0 Å². The van der Waals surface area contributed by atoms with E-state index in [-0.39, 0.29) is 5.91 Å². The Hall–Kier alpha value is -1.07. The quantitative estimate of drug-likeness (QED) is 0.825. The molecule has 82 valence electrons. The molecule has 2 heterocycles. The van der Waals surface area contributed by atoms with E-state index in [1.807, 2.05) is 24.1 Å². The van der Waals surface area contributed by atoms with Gasteiger partial charge in [-0.2, -0.15) is 0 Å². The van der Waals surface area contributed by atoms with E-state index in [4.69, 9.17) is 4.74 Å². The van der Waals surface area contributed by atoms with Gasteiger partial charge >= 0.3 is 0 Å². The zero-order chi connectivity index (χ0) is 10.7. The largest absolute Gasteiger partial charge is 0.380 e. The van der Waals surface area contributed by atoms with Crippen LogP contribution in [0.3, 0.4) is 0 Å². The summed E-state index contributed by atoms with van der Waals surface area (Å²) >= 11 is 1.49. The average Bonchev–Trinajstić information content (AvgIpc) is 2.78. The van der Waals surface area contributed by atoms with Crippen molar-refractivity contribution >= 4 is 22.2 Å². The monoisotopic (exact) mass is 226 g/mol. The van der Waals surface area contributed by atoms with Crippen molar-refractivity contribution in [1.29, 1.82) is 0 Å². The number of nitrogens with zero attached hydrogens (tertiary/aromatic N) is 1. The molecule has 1 N–H and O–H groups in total. The second-order valence-corrected chi connectivity index (χ2v) is 4.40. The van der Waals surface area contributed by atoms with Crippen LogP contribution in [0.5, 0.6) is 0 Å². The van der Waals surface area contributed by atoms with Crippen molar-refractivity contribution in [2.24, 2.45) is 0 Å². The normalized spacial score (nSPS) is 16.5. The third kappa shape index (κ3) is 2.30. The molecule has 1 aromatic rings. The summed E-state index contributed by atoms with van der Waals surface area (Å²) in [6, 6.07) is 3.80. The lowest BCUT2D eigenvalue weighted by Crippen LogP contribution is -2.40. The first-order valence-corrected chi connectivity index (χ1v) is 5.77. The van der Waals surface area contributed by atoms with Crippen LogP contribution in [0.2, 0.25) is 0 Å². The van der Waals surface area contributed by atoms with Crippen LogP contribution < -0.4 is 5.32 Å². The zero-order valence-electron chi connectivity index (χ0n) is 8.66. The Labute approximate surface area is 92.8 Å². The van der Waals surface area contributed by atoms with E-state index in [2.05, 4.69) is 5.32 Å². The molecular formula is C10H14N2O2S. The predicted molar refractivity (Wildman–Crippen MR) is 60.6 cm³/mol. The van der Waals surface area contributed by atoms with E-state index in [1.54, 1.807) is 0 Å². The molecule has 0 spiro atoms. The topological polar surface area (TPSA) is 41.6 Å². The summed E-state index contributed by atoms with van der Waals surface area (Å²) < 4.78 is 5.21. The van der Waals surface area contributed by atoms with Crippen molar-refractivity contribution in [1.82, 2.24) is 4.90 Å². The Kier molecular flexibility index (Phi) is 3.23. The molecule has 15 heavy (non-hydrogen) atoms. The number of hydrogen-bond acceptors (Lipinski definition) is 4. The van der Waals surface area contributed by atoms with Crippen molar-refractivity contribution in [2.45, 2.75) is 0 Å². The maximum Gasteiger partial charge on any atom is 0.264 e. The van der Waals surface area contributed by atoms with Gasteiger partial charge in [-0.15, -0.1) is 11.3 Å². The van der Waals surface area contributed by atoms with Crippen LogP contribution in [0.15, 0.2) is 12.1 Å². The van der Waals surface area contributed by atoms with Gasteiger partial charge in [0.1, 0.15) is 0 Å². The SMILES string of the molecule is CNc1ccc(C(=O)N2CCOCC2)s1. The molecule has 0 aliphatic carbocycles. The van der Waals surface area contributed by atoms with E-state index in [0.29, 0.717) is 26.3 Å². The lowest BCUT2D eigenvalue weighted by Gasteiger charge is -2.26. The highest BCUT2D eigenvalue weighted by Crippen LogP contribution is 2.22. The van der Waals surface area contributed by atoms with Crippen LogP contribution in [-0.2, 0) is 4.74 Å². The second kappa shape index (κ2) is 4.63. The van der Waals surface area contributed by atoms with Gasteiger partial charge in [0.2, 0.25) is 0 Å². The lowest BCUT2D eigenvalue weighted by atomic mass is 10.3. The number of rotatable bonds is 2. The molecule has 0 unspecified atom stereocenters. The Morgan fingerprint density at radius 1 is 1.47 bits per heavy atom. The summed E-state index contributed by atoms with van der Waals surface area (Å²) in [5, 5.41) is 4.05. The van der Waals surface area contributed by atoms with Crippen molar-refractivity contribution in [3.63, 3.8) is 0 Å². The molecule has 1 aromatic heterocycles. The molecule has 1 saturated heterocycles. The molecule has 1 aliphatic heterocycles. The number of ether oxygens (including phenoxy) is 1. The minimum Gasteiger partial charge on any atom is -0.380 e. The van der Waals surface area contributed by atoms with Gasteiger partial charge in [0, 0.05) is 20.1 Å². The molecule has 2 rings (SSSR count). The highest BCUT2D eigenvalue weighted by Gasteiger charge is 2.19. The fourth-order valence-corrected chi connectivity index (χ4v) is 2.34. The van der Waals surface area contributed by atoms with Crippen LogP contribution in [0.25, 0.3) is 0 Å². The molecule has 4 nitrogen and oxygen atoms in total. The first-order chi connectivity index (χ1) is 7.31. The van der Waals surface area contributed by atoms with Gasteiger partial charge < -0.3 is 15.0 Å². The van der Waals surface area contributed by atoms with E-state index >= 15 is 0 Å². The van der Waals surface area contributed by atoms with E-state index < -0.39 is 0 Å². The summed E-state index contributed by atoms with van der Waals surface area (Å²) in [5.41, 5.74) is 0. The number of amides is 1. The highest BCUT2D eigenvalue weighted by atomic mass is 32.1. The first-order valence-electron chi connectivity index (χ1n) is 4.96. The van der Waals surface area contributed by atoms with E-state index in [0.717, 1.165) is 9.88 Å². The van der Waals surface area contributed by atoms with Gasteiger partial charge in [0.25, 0.3) is 5.91 Å². The minimum absolute atomic E-state index is 0.116. The summed E-state index contributed by atoms with van der Waals surface area (Å²) in [5.74, 6) is 0.116. The van der Waals surface area contributed by atoms with Crippen molar-refractivity contribution in [3.8, 4) is 0 Å². The van der Waals surface area contributed by atoms with Crippen LogP contribution in [0.4, 0.5) is 5.00 Å². The maximum absolute atomic E-state index is 12.0. The third-order valence-electron chi connectivity index (χ3n) is 2.36. The number of nitrogens with one attached hydrogen (secondary N) is 1. The number of carbonyl (C=O) groups excluding carboxylic acids is 1. The number of hydrogen-bond donors (Lipinski definition) is 1. The van der Waals surface area contributed by atoms with Crippen molar-refractivity contribution in [3.05, 3.63) is 17.0 Å². The molecule has 0 radical (unpaired) electrons. The van der Waals surface area contributed by atoms with Gasteiger partial charge in [0.15, 0.2) is 0 Å². The number of anilines is 1. The average molecular weight is 226 g/mol. The highest BCUT2D eigenvalue weighted by molar-refractivity contribution is 7.17. The molecule has 0 bridgehead atoms. The summed E-state index contributed by atoms with van der Waals surface area (Å²) in [6.45, 7) is 2.70. The summed E-state index contributed by atoms with van der Waals surface area (Å²) in [7, 11) is 1.86. The predicted octanol–water partition coefficient (Wildman–Crippen LogP) is 1.26. The Balaban J connectivity index is 2.05. The Morgan fingerprint density at radius 3 is 2.80 bits per heavy atom. The lowest BCUT2D eigenvalue weighted by molar-refractivity contribution is 0.0306. The Morgan fingerprint density at radius 2 is 2.20 bits per heavy atom. The minimum atomic E-state index is 0.116. The first kappa shape index (κ1) is 10.4. The molecule has 1 amide bonds. The van der Waals surface area contributed by atoms with Gasteiger partial charge in [0.05, 0.1) is 23.1 Å². The van der Waals surface area contributed by atoms with Crippen LogP contribution >= 0.6 is 11.3 Å². The van der Waals surface area contributed by atoms with Crippen molar-refractivity contribution in [2.75, 3.05) is 38.7 Å². The molecule has 1 fully saturated rings. The van der Waals surface area contributed by atoms with Crippen LogP contribution in [-0.4, -0.2) is 44.2 Å².